The van der Waals surface area contributed by atoms with Crippen molar-refractivity contribution in [1.82, 2.24) is 0 Å². The van der Waals surface area contributed by atoms with Crippen molar-refractivity contribution in [3.8, 4) is 0 Å². The van der Waals surface area contributed by atoms with Crippen LogP contribution in [0.1, 0.15) is 22.3 Å². The number of nitrogens with zero attached hydrogens (tertiary/aromatic N) is 1. The highest BCUT2D eigenvalue weighted by atomic mass is 35.5. The van der Waals surface area contributed by atoms with Crippen LogP contribution >= 0.6 is 34.8 Å². The quantitative estimate of drug-likeness (QED) is 0.402. The lowest BCUT2D eigenvalue weighted by atomic mass is 10.0. The van der Waals surface area contributed by atoms with Gasteiger partial charge < -0.3 is 10.1 Å². The highest BCUT2D eigenvalue weighted by Gasteiger charge is 2.29. The maximum absolute atomic E-state index is 13.4. The van der Waals surface area contributed by atoms with Gasteiger partial charge in [-0.2, -0.15) is 0 Å². The summed E-state index contributed by atoms with van der Waals surface area (Å²) in [6.45, 7) is -0.297. The van der Waals surface area contributed by atoms with E-state index in [4.69, 9.17) is 39.5 Å². The second kappa shape index (κ2) is 10.5. The van der Waals surface area contributed by atoms with Crippen LogP contribution in [0.3, 0.4) is 0 Å². The number of aryl methyl sites for hydroxylation is 1. The van der Waals surface area contributed by atoms with Crippen LogP contribution < -0.4 is 9.62 Å². The van der Waals surface area contributed by atoms with E-state index >= 15 is 0 Å². The van der Waals surface area contributed by atoms with Crippen molar-refractivity contribution in [1.29, 1.82) is 0 Å². The van der Waals surface area contributed by atoms with Crippen molar-refractivity contribution in [2.75, 3.05) is 22.8 Å². The van der Waals surface area contributed by atoms with Gasteiger partial charge in [-0.05, 0) is 54.8 Å². The van der Waals surface area contributed by atoms with E-state index in [2.05, 4.69) is 5.32 Å². The van der Waals surface area contributed by atoms with Crippen molar-refractivity contribution in [3.63, 3.8) is 0 Å². The van der Waals surface area contributed by atoms with E-state index in [1.54, 1.807) is 12.1 Å². The Morgan fingerprint density at radius 1 is 0.971 bits per heavy atom. The van der Waals surface area contributed by atoms with Gasteiger partial charge in [-0.3, -0.25) is 9.10 Å². The van der Waals surface area contributed by atoms with Crippen LogP contribution in [0.25, 0.3) is 0 Å². The molecule has 182 valence electrons. The molecule has 35 heavy (non-hydrogen) atoms. The fraction of sp³-hybridized carbons (Fsp3) is 0.167. The zero-order chi connectivity index (χ0) is 25.2. The fourth-order valence-corrected chi connectivity index (χ4v) is 6.21. The largest absolute Gasteiger partial charge is 0.452 e. The Morgan fingerprint density at radius 2 is 1.69 bits per heavy atom. The van der Waals surface area contributed by atoms with Crippen LogP contribution in [0.15, 0.2) is 65.6 Å². The molecule has 3 aromatic rings. The summed E-state index contributed by atoms with van der Waals surface area (Å²) in [6, 6.07) is 15.7. The molecule has 0 spiro atoms. The average Bonchev–Trinajstić information content (AvgIpc) is 2.84. The molecule has 1 amide bonds. The molecule has 0 unspecified atom stereocenters. The van der Waals surface area contributed by atoms with Gasteiger partial charge in [0, 0.05) is 11.6 Å². The number of ether oxygens (including phenoxy) is 1. The summed E-state index contributed by atoms with van der Waals surface area (Å²) in [5, 5.41) is 3.01. The van der Waals surface area contributed by atoms with Gasteiger partial charge in [0.05, 0.1) is 31.9 Å². The zero-order valence-electron chi connectivity index (χ0n) is 18.1. The molecule has 7 nitrogen and oxygen atoms in total. The summed E-state index contributed by atoms with van der Waals surface area (Å²) in [6.07, 6.45) is 1.48. The fourth-order valence-electron chi connectivity index (χ4n) is 3.71. The molecule has 0 radical (unpaired) electrons. The Labute approximate surface area is 217 Å². The third-order valence-corrected chi connectivity index (χ3v) is 7.95. The molecule has 11 heteroatoms. The lowest BCUT2D eigenvalue weighted by Gasteiger charge is -2.30. The monoisotopic (exact) mass is 552 g/mol. The molecule has 4 rings (SSSR count). The minimum absolute atomic E-state index is 0.00766. The minimum Gasteiger partial charge on any atom is -0.452 e. The van der Waals surface area contributed by atoms with E-state index in [0.29, 0.717) is 23.7 Å². The molecule has 1 aliphatic heterocycles. The van der Waals surface area contributed by atoms with Gasteiger partial charge in [0.25, 0.3) is 15.9 Å². The molecular weight excluding hydrogens is 535 g/mol. The van der Waals surface area contributed by atoms with E-state index in [0.717, 1.165) is 12.0 Å². The van der Waals surface area contributed by atoms with Crippen LogP contribution in [0.5, 0.6) is 0 Å². The highest BCUT2D eigenvalue weighted by molar-refractivity contribution is 7.92. The first-order chi connectivity index (χ1) is 16.7. The molecule has 1 aliphatic rings. The van der Waals surface area contributed by atoms with Crippen LogP contribution in [0.4, 0.5) is 11.4 Å². The van der Waals surface area contributed by atoms with Gasteiger partial charge >= 0.3 is 5.97 Å². The first kappa shape index (κ1) is 25.3. The van der Waals surface area contributed by atoms with E-state index in [9.17, 15) is 18.0 Å². The smallest absolute Gasteiger partial charge is 0.338 e. The molecule has 0 fully saturated rings. The molecule has 1 N–H and O–H groups in total. The molecule has 0 atom stereocenters. The average molecular weight is 554 g/mol. The summed E-state index contributed by atoms with van der Waals surface area (Å²) < 4.78 is 33.1. The molecule has 0 aliphatic carbocycles. The van der Waals surface area contributed by atoms with E-state index < -0.39 is 28.5 Å². The normalized spacial score (nSPS) is 13.2. The number of sulfonamides is 1. The summed E-state index contributed by atoms with van der Waals surface area (Å²) >= 11 is 17.9. The van der Waals surface area contributed by atoms with Gasteiger partial charge in [0.2, 0.25) is 0 Å². The van der Waals surface area contributed by atoms with Gasteiger partial charge in [0.15, 0.2) is 6.61 Å². The lowest BCUT2D eigenvalue weighted by Crippen LogP contribution is -2.35. The number of carbonyl (C=O) groups is 2. The molecule has 1 heterocycles. The SMILES string of the molecule is O=C(COC(=O)c1cccc(S(=O)(=O)N2CCCc3ccccc32)c1)Nc1c(Cl)cc(Cl)cc1Cl. The molecule has 0 saturated carbocycles. The maximum atomic E-state index is 13.4. The van der Waals surface area contributed by atoms with Crippen LogP contribution in [-0.2, 0) is 26.0 Å². The third-order valence-electron chi connectivity index (χ3n) is 5.33. The number of hydrogen-bond donors (Lipinski definition) is 1. The van der Waals surface area contributed by atoms with E-state index in [1.165, 1.54) is 40.7 Å². The maximum Gasteiger partial charge on any atom is 0.338 e. The van der Waals surface area contributed by atoms with Gasteiger partial charge in [-0.25, -0.2) is 13.2 Å². The van der Waals surface area contributed by atoms with Gasteiger partial charge in [0.1, 0.15) is 0 Å². The summed E-state index contributed by atoms with van der Waals surface area (Å²) in [5.74, 6) is -1.54. The molecular formula is C24H19Cl3N2O5S. The molecule has 0 aromatic heterocycles. The number of halogens is 3. The first-order valence-corrected chi connectivity index (χ1v) is 13.1. The highest BCUT2D eigenvalue weighted by Crippen LogP contribution is 2.34. The second-order valence-corrected chi connectivity index (χ2v) is 10.8. The van der Waals surface area contributed by atoms with Crippen LogP contribution in [-0.4, -0.2) is 33.4 Å². The summed E-state index contributed by atoms with van der Waals surface area (Å²) in [4.78, 5) is 24.8. The molecule has 0 saturated heterocycles. The Balaban J connectivity index is 1.46. The summed E-state index contributed by atoms with van der Waals surface area (Å²) in [7, 11) is -3.91. The number of benzene rings is 3. The predicted molar refractivity (Wildman–Crippen MR) is 136 cm³/mol. The van der Waals surface area contributed by atoms with Crippen LogP contribution in [0.2, 0.25) is 15.1 Å². The predicted octanol–water partition coefficient (Wildman–Crippen LogP) is 5.58. The van der Waals surface area contributed by atoms with Crippen molar-refractivity contribution in [3.05, 3.63) is 86.9 Å². The number of rotatable bonds is 6. The van der Waals surface area contributed by atoms with Gasteiger partial charge in [-0.1, -0.05) is 59.1 Å². The zero-order valence-corrected chi connectivity index (χ0v) is 21.2. The van der Waals surface area contributed by atoms with Crippen LogP contribution in [0, 0.1) is 0 Å². The number of anilines is 2. The number of fused-ring (bicyclic) bond motifs is 1. The number of esters is 1. The Kier molecular flexibility index (Phi) is 7.56. The second-order valence-electron chi connectivity index (χ2n) is 7.71. The van der Waals surface area contributed by atoms with Crippen molar-refractivity contribution >= 4 is 68.1 Å². The number of carbonyl (C=O) groups excluding carboxylic acids is 2. The molecule has 3 aromatic carbocycles. The minimum atomic E-state index is -3.91. The number of nitrogens with one attached hydrogen (secondary N) is 1. The number of para-hydroxylation sites is 1. The summed E-state index contributed by atoms with van der Waals surface area (Å²) in [5.41, 5.74) is 1.70. The third kappa shape index (κ3) is 5.56. The lowest BCUT2D eigenvalue weighted by molar-refractivity contribution is -0.119. The topological polar surface area (TPSA) is 92.8 Å². The van der Waals surface area contributed by atoms with E-state index in [1.807, 2.05) is 12.1 Å². The first-order valence-electron chi connectivity index (χ1n) is 10.5. The standard InChI is InChI=1S/C24H19Cl3N2O5S/c25-17-12-19(26)23(20(27)13-17)28-22(30)14-34-24(31)16-6-3-8-18(11-16)35(32,33)29-10-4-7-15-5-1-2-9-21(15)29/h1-3,5-6,8-9,11-13H,4,7,10,14H2,(H,28,30). The Hall–Kier alpha value is -2.78. The van der Waals surface area contributed by atoms with Crippen molar-refractivity contribution < 1.29 is 22.7 Å². The van der Waals surface area contributed by atoms with Crippen molar-refractivity contribution in [2.45, 2.75) is 17.7 Å². The molecule has 0 bridgehead atoms. The Morgan fingerprint density at radius 3 is 2.43 bits per heavy atom. The van der Waals surface area contributed by atoms with E-state index in [-0.39, 0.29) is 26.2 Å². The van der Waals surface area contributed by atoms with Gasteiger partial charge in [-0.15, -0.1) is 0 Å². The Bertz CT molecular complexity index is 1390. The van der Waals surface area contributed by atoms with Crippen molar-refractivity contribution in [2.24, 2.45) is 0 Å². The number of amides is 1. The number of hydrogen-bond acceptors (Lipinski definition) is 5.